The molecule has 0 radical (unpaired) electrons. The molecule has 1 aromatic rings. The van der Waals surface area contributed by atoms with E-state index in [0.29, 0.717) is 17.9 Å². The van der Waals surface area contributed by atoms with Crippen molar-refractivity contribution in [3.63, 3.8) is 0 Å². The van der Waals surface area contributed by atoms with Gasteiger partial charge in [0, 0.05) is 12.6 Å². The topological polar surface area (TPSA) is 67.9 Å². The van der Waals surface area contributed by atoms with Crippen LogP contribution in [0.4, 0.5) is 11.9 Å². The smallest absolute Gasteiger partial charge is 0.231 e. The van der Waals surface area contributed by atoms with Gasteiger partial charge in [0.25, 0.3) is 0 Å². The molecule has 0 saturated carbocycles. The van der Waals surface area contributed by atoms with Crippen LogP contribution in [0.1, 0.15) is 26.7 Å². The standard InChI is InChI=1S/C10H16ClN5/c1-6-4-3-5-16(7(6)2)10-14-8(11)13-9(12)15-10/h6-7H,3-5H2,1-2H3,(H2,12,13,14,15). The maximum absolute atomic E-state index is 5.78. The molecule has 0 aromatic carbocycles. The zero-order valence-electron chi connectivity index (χ0n) is 9.52. The van der Waals surface area contributed by atoms with Crippen molar-refractivity contribution in [1.29, 1.82) is 0 Å². The summed E-state index contributed by atoms with van der Waals surface area (Å²) in [7, 11) is 0. The summed E-state index contributed by atoms with van der Waals surface area (Å²) in [6.45, 7) is 5.37. The lowest BCUT2D eigenvalue weighted by molar-refractivity contribution is 0.359. The fourth-order valence-electron chi connectivity index (χ4n) is 2.10. The molecule has 1 aromatic heterocycles. The number of anilines is 2. The van der Waals surface area contributed by atoms with E-state index in [2.05, 4.69) is 33.7 Å². The summed E-state index contributed by atoms with van der Waals surface area (Å²) in [6, 6.07) is 0.409. The van der Waals surface area contributed by atoms with Crippen molar-refractivity contribution in [2.45, 2.75) is 32.7 Å². The van der Waals surface area contributed by atoms with Crippen LogP contribution in [-0.4, -0.2) is 27.5 Å². The van der Waals surface area contributed by atoms with Gasteiger partial charge in [0.1, 0.15) is 0 Å². The molecule has 0 spiro atoms. The number of nitrogens with two attached hydrogens (primary N) is 1. The van der Waals surface area contributed by atoms with E-state index >= 15 is 0 Å². The fourth-order valence-corrected chi connectivity index (χ4v) is 2.26. The van der Waals surface area contributed by atoms with Gasteiger partial charge in [-0.05, 0) is 37.3 Å². The molecule has 2 unspecified atom stereocenters. The van der Waals surface area contributed by atoms with Gasteiger partial charge >= 0.3 is 0 Å². The van der Waals surface area contributed by atoms with E-state index in [0.717, 1.165) is 13.0 Å². The predicted molar refractivity (Wildman–Crippen MR) is 64.5 cm³/mol. The first-order valence-corrected chi connectivity index (χ1v) is 5.89. The van der Waals surface area contributed by atoms with E-state index in [9.17, 15) is 0 Å². The Bertz CT molecular complexity index is 363. The largest absolute Gasteiger partial charge is 0.368 e. The maximum Gasteiger partial charge on any atom is 0.231 e. The molecule has 0 aliphatic carbocycles. The van der Waals surface area contributed by atoms with Crippen molar-refractivity contribution in [3.05, 3.63) is 5.28 Å². The molecule has 88 valence electrons. The Labute approximate surface area is 100 Å². The van der Waals surface area contributed by atoms with Gasteiger partial charge in [-0.3, -0.25) is 0 Å². The Morgan fingerprint density at radius 1 is 1.31 bits per heavy atom. The summed E-state index contributed by atoms with van der Waals surface area (Å²) < 4.78 is 0. The van der Waals surface area contributed by atoms with Crippen LogP contribution in [0.5, 0.6) is 0 Å². The molecule has 2 rings (SSSR count). The number of hydrogen-bond donors (Lipinski definition) is 1. The second-order valence-electron chi connectivity index (χ2n) is 4.32. The molecule has 1 fully saturated rings. The summed E-state index contributed by atoms with van der Waals surface area (Å²) in [4.78, 5) is 14.2. The molecule has 1 aliphatic heterocycles. The average molecular weight is 242 g/mol. The van der Waals surface area contributed by atoms with Gasteiger partial charge in [-0.1, -0.05) is 6.92 Å². The zero-order valence-corrected chi connectivity index (χ0v) is 10.3. The molecule has 2 heterocycles. The van der Waals surface area contributed by atoms with Gasteiger partial charge in [0.05, 0.1) is 0 Å². The maximum atomic E-state index is 5.78. The first-order valence-electron chi connectivity index (χ1n) is 5.51. The van der Waals surface area contributed by atoms with E-state index < -0.39 is 0 Å². The third-order valence-electron chi connectivity index (χ3n) is 3.24. The third kappa shape index (κ3) is 2.19. The van der Waals surface area contributed by atoms with Gasteiger partial charge in [-0.15, -0.1) is 0 Å². The molecular formula is C10H16ClN5. The lowest BCUT2D eigenvalue weighted by Gasteiger charge is -2.37. The lowest BCUT2D eigenvalue weighted by Crippen LogP contribution is -2.43. The molecular weight excluding hydrogens is 226 g/mol. The first-order chi connectivity index (χ1) is 7.58. The van der Waals surface area contributed by atoms with Crippen LogP contribution in [0.2, 0.25) is 5.28 Å². The van der Waals surface area contributed by atoms with Crippen LogP contribution < -0.4 is 10.6 Å². The molecule has 1 saturated heterocycles. The third-order valence-corrected chi connectivity index (χ3v) is 3.41. The number of nitrogen functional groups attached to an aromatic ring is 1. The van der Waals surface area contributed by atoms with Gasteiger partial charge in [-0.2, -0.15) is 15.0 Å². The van der Waals surface area contributed by atoms with Crippen molar-refractivity contribution in [2.75, 3.05) is 17.2 Å². The average Bonchev–Trinajstić information content (AvgIpc) is 2.20. The van der Waals surface area contributed by atoms with Gasteiger partial charge in [0.2, 0.25) is 17.2 Å². The van der Waals surface area contributed by atoms with Gasteiger partial charge < -0.3 is 10.6 Å². The number of halogens is 1. The Morgan fingerprint density at radius 3 is 2.75 bits per heavy atom. The van der Waals surface area contributed by atoms with Crippen LogP contribution >= 0.6 is 11.6 Å². The summed E-state index contributed by atoms with van der Waals surface area (Å²) in [5, 5.41) is 0.160. The Morgan fingerprint density at radius 2 is 2.06 bits per heavy atom. The summed E-state index contributed by atoms with van der Waals surface area (Å²) in [5.41, 5.74) is 5.57. The van der Waals surface area contributed by atoms with E-state index in [1.54, 1.807) is 0 Å². The SMILES string of the molecule is CC1CCCN(c2nc(N)nc(Cl)n2)C1C. The Hall–Kier alpha value is -1.10. The number of aromatic nitrogens is 3. The van der Waals surface area contributed by atoms with Crippen molar-refractivity contribution in [1.82, 2.24) is 15.0 Å². The first kappa shape index (κ1) is 11.4. The summed E-state index contributed by atoms with van der Waals surface area (Å²) >= 11 is 5.78. The highest BCUT2D eigenvalue weighted by Crippen LogP contribution is 2.26. The predicted octanol–water partition coefficient (Wildman–Crippen LogP) is 1.73. The van der Waals surface area contributed by atoms with Gasteiger partial charge in [-0.25, -0.2) is 0 Å². The van der Waals surface area contributed by atoms with Crippen molar-refractivity contribution in [3.8, 4) is 0 Å². The highest BCUT2D eigenvalue weighted by atomic mass is 35.5. The van der Waals surface area contributed by atoms with E-state index in [1.165, 1.54) is 6.42 Å². The second-order valence-corrected chi connectivity index (χ2v) is 4.65. The molecule has 6 heteroatoms. The monoisotopic (exact) mass is 241 g/mol. The van der Waals surface area contributed by atoms with Crippen molar-refractivity contribution < 1.29 is 0 Å². The number of nitrogens with zero attached hydrogens (tertiary/aromatic N) is 4. The van der Waals surface area contributed by atoms with E-state index in [1.807, 2.05) is 0 Å². The normalized spacial score (nSPS) is 25.8. The zero-order chi connectivity index (χ0) is 11.7. The lowest BCUT2D eigenvalue weighted by atomic mass is 9.92. The molecule has 1 aliphatic rings. The van der Waals surface area contributed by atoms with Crippen LogP contribution in [0.25, 0.3) is 0 Å². The van der Waals surface area contributed by atoms with Gasteiger partial charge in [0.15, 0.2) is 0 Å². The van der Waals surface area contributed by atoms with Crippen molar-refractivity contribution in [2.24, 2.45) is 5.92 Å². The molecule has 0 bridgehead atoms. The number of piperidine rings is 1. The fraction of sp³-hybridized carbons (Fsp3) is 0.700. The van der Waals surface area contributed by atoms with Crippen LogP contribution in [-0.2, 0) is 0 Å². The second kappa shape index (κ2) is 4.41. The number of hydrogen-bond acceptors (Lipinski definition) is 5. The summed E-state index contributed by atoms with van der Waals surface area (Å²) in [5.74, 6) is 1.41. The quantitative estimate of drug-likeness (QED) is 0.811. The molecule has 5 nitrogen and oxygen atoms in total. The van der Waals surface area contributed by atoms with Crippen molar-refractivity contribution >= 4 is 23.5 Å². The minimum atomic E-state index is 0.160. The highest BCUT2D eigenvalue weighted by Gasteiger charge is 2.26. The minimum Gasteiger partial charge on any atom is -0.368 e. The molecule has 16 heavy (non-hydrogen) atoms. The highest BCUT2D eigenvalue weighted by molar-refractivity contribution is 6.28. The van der Waals surface area contributed by atoms with Crippen LogP contribution in [0.15, 0.2) is 0 Å². The van der Waals surface area contributed by atoms with E-state index in [-0.39, 0.29) is 11.2 Å². The summed E-state index contributed by atoms with van der Waals surface area (Å²) in [6.07, 6.45) is 2.39. The molecule has 2 atom stereocenters. The molecule has 2 N–H and O–H groups in total. The van der Waals surface area contributed by atoms with Crippen LogP contribution in [0, 0.1) is 5.92 Å². The molecule has 0 amide bonds. The van der Waals surface area contributed by atoms with E-state index in [4.69, 9.17) is 17.3 Å². The Balaban J connectivity index is 2.28. The number of rotatable bonds is 1. The Kier molecular flexibility index (Phi) is 3.14. The minimum absolute atomic E-state index is 0.160. The van der Waals surface area contributed by atoms with Crippen LogP contribution in [0.3, 0.4) is 0 Å².